The van der Waals surface area contributed by atoms with E-state index >= 15 is 0 Å². The summed E-state index contributed by atoms with van der Waals surface area (Å²) in [6.45, 7) is 0.658. The van der Waals surface area contributed by atoms with Crippen LogP contribution in [-0.2, 0) is 9.59 Å². The van der Waals surface area contributed by atoms with Gasteiger partial charge in [0.1, 0.15) is 6.29 Å². The predicted octanol–water partition coefficient (Wildman–Crippen LogP) is 1.03. The van der Waals surface area contributed by atoms with Crippen molar-refractivity contribution in [2.45, 2.75) is 18.4 Å². The van der Waals surface area contributed by atoms with Gasteiger partial charge >= 0.3 is 5.97 Å². The minimum Gasteiger partial charge on any atom is -0.481 e. The van der Waals surface area contributed by atoms with Crippen molar-refractivity contribution in [1.82, 2.24) is 5.32 Å². The van der Waals surface area contributed by atoms with E-state index in [1.54, 1.807) is 0 Å². The van der Waals surface area contributed by atoms with E-state index in [9.17, 15) is 9.59 Å². The number of nitrogens with one attached hydrogen (secondary N) is 1. The predicted molar refractivity (Wildman–Crippen MR) is 62.8 cm³/mol. The zero-order valence-electron chi connectivity index (χ0n) is 9.37. The molecule has 3 atom stereocenters. The van der Waals surface area contributed by atoms with E-state index in [-0.39, 0.29) is 24.3 Å². The third kappa shape index (κ3) is 2.53. The third-order valence-electron chi connectivity index (χ3n) is 3.31. The van der Waals surface area contributed by atoms with Crippen LogP contribution in [0.2, 0.25) is 0 Å². The molecule has 0 saturated carbocycles. The van der Waals surface area contributed by atoms with Gasteiger partial charge in [0.15, 0.2) is 0 Å². The summed E-state index contributed by atoms with van der Waals surface area (Å²) in [5.41, 5.74) is 1.09. The highest BCUT2D eigenvalue weighted by atomic mass is 16.4. The Labute approximate surface area is 99.6 Å². The number of carbonyl (C=O) groups excluding carboxylic acids is 1. The SMILES string of the molecule is O=CC1C(CC(=O)O)NCC1c1ccccc1. The molecule has 1 heterocycles. The molecule has 17 heavy (non-hydrogen) atoms. The highest BCUT2D eigenvalue weighted by Crippen LogP contribution is 2.31. The molecule has 1 aliphatic heterocycles. The summed E-state index contributed by atoms with van der Waals surface area (Å²) in [4.78, 5) is 21.9. The molecule has 0 aromatic heterocycles. The van der Waals surface area contributed by atoms with E-state index in [0.717, 1.165) is 11.8 Å². The van der Waals surface area contributed by atoms with Gasteiger partial charge in [-0.3, -0.25) is 4.79 Å². The molecule has 1 aliphatic rings. The molecule has 0 spiro atoms. The van der Waals surface area contributed by atoms with Crippen molar-refractivity contribution in [2.24, 2.45) is 5.92 Å². The van der Waals surface area contributed by atoms with Crippen LogP contribution >= 0.6 is 0 Å². The van der Waals surface area contributed by atoms with Crippen molar-refractivity contribution in [3.05, 3.63) is 35.9 Å². The smallest absolute Gasteiger partial charge is 0.304 e. The number of carbonyl (C=O) groups is 2. The zero-order valence-corrected chi connectivity index (χ0v) is 9.37. The molecular weight excluding hydrogens is 218 g/mol. The fraction of sp³-hybridized carbons (Fsp3) is 0.385. The summed E-state index contributed by atoms with van der Waals surface area (Å²) in [6, 6.07) is 9.49. The van der Waals surface area contributed by atoms with Gasteiger partial charge in [0.05, 0.1) is 6.42 Å². The minimum absolute atomic E-state index is 0.00720. The van der Waals surface area contributed by atoms with Crippen molar-refractivity contribution in [2.75, 3.05) is 6.54 Å². The average Bonchev–Trinajstić information content (AvgIpc) is 2.72. The lowest BCUT2D eigenvalue weighted by atomic mass is 9.85. The summed E-state index contributed by atoms with van der Waals surface area (Å²) in [5.74, 6) is -1.05. The second kappa shape index (κ2) is 5.10. The maximum atomic E-state index is 11.1. The van der Waals surface area contributed by atoms with E-state index in [4.69, 9.17) is 5.11 Å². The molecule has 4 heteroatoms. The lowest BCUT2D eigenvalue weighted by Crippen LogP contribution is -2.30. The van der Waals surface area contributed by atoms with Gasteiger partial charge in [-0.15, -0.1) is 0 Å². The van der Waals surface area contributed by atoms with E-state index in [1.165, 1.54) is 0 Å². The molecule has 0 bridgehead atoms. The largest absolute Gasteiger partial charge is 0.481 e. The van der Waals surface area contributed by atoms with Crippen LogP contribution in [0, 0.1) is 5.92 Å². The van der Waals surface area contributed by atoms with E-state index in [0.29, 0.717) is 6.54 Å². The molecule has 4 nitrogen and oxygen atoms in total. The molecule has 1 saturated heterocycles. The third-order valence-corrected chi connectivity index (χ3v) is 3.31. The Hall–Kier alpha value is -1.68. The van der Waals surface area contributed by atoms with Crippen LogP contribution < -0.4 is 5.32 Å². The maximum absolute atomic E-state index is 11.1. The van der Waals surface area contributed by atoms with Gasteiger partial charge in [0.25, 0.3) is 0 Å². The van der Waals surface area contributed by atoms with Gasteiger partial charge in [-0.25, -0.2) is 0 Å². The fourth-order valence-corrected chi connectivity index (χ4v) is 2.46. The molecule has 0 aliphatic carbocycles. The Balaban J connectivity index is 2.15. The Bertz CT molecular complexity index is 404. The monoisotopic (exact) mass is 233 g/mol. The molecule has 1 aromatic rings. The van der Waals surface area contributed by atoms with Crippen LogP contribution in [0.3, 0.4) is 0 Å². The van der Waals surface area contributed by atoms with E-state index < -0.39 is 5.97 Å². The summed E-state index contributed by atoms with van der Waals surface area (Å²) < 4.78 is 0. The summed E-state index contributed by atoms with van der Waals surface area (Å²) in [7, 11) is 0. The Morgan fingerprint density at radius 1 is 1.41 bits per heavy atom. The van der Waals surface area contributed by atoms with Gasteiger partial charge in [0.2, 0.25) is 0 Å². The average molecular weight is 233 g/mol. The summed E-state index contributed by atoms with van der Waals surface area (Å²) >= 11 is 0. The molecular formula is C13H15NO3. The molecule has 1 aromatic carbocycles. The van der Waals surface area contributed by atoms with Crippen LogP contribution in [0.15, 0.2) is 30.3 Å². The number of benzene rings is 1. The number of aldehydes is 1. The van der Waals surface area contributed by atoms with Crippen molar-refractivity contribution in [3.63, 3.8) is 0 Å². The second-order valence-electron chi connectivity index (χ2n) is 4.34. The van der Waals surface area contributed by atoms with Crippen LogP contribution in [0.4, 0.5) is 0 Å². The van der Waals surface area contributed by atoms with Crippen molar-refractivity contribution in [1.29, 1.82) is 0 Å². The quantitative estimate of drug-likeness (QED) is 0.762. The van der Waals surface area contributed by atoms with Gasteiger partial charge in [0, 0.05) is 24.4 Å². The normalized spacial score (nSPS) is 27.9. The van der Waals surface area contributed by atoms with Gasteiger partial charge in [-0.05, 0) is 5.56 Å². The molecule has 90 valence electrons. The molecule has 3 unspecified atom stereocenters. The first-order chi connectivity index (χ1) is 8.22. The fourth-order valence-electron chi connectivity index (χ4n) is 2.46. The van der Waals surface area contributed by atoms with Gasteiger partial charge in [-0.2, -0.15) is 0 Å². The second-order valence-corrected chi connectivity index (χ2v) is 4.34. The number of aliphatic carboxylic acids is 1. The van der Waals surface area contributed by atoms with Crippen LogP contribution in [-0.4, -0.2) is 29.9 Å². The lowest BCUT2D eigenvalue weighted by Gasteiger charge is -2.17. The first kappa shape index (κ1) is 11.8. The maximum Gasteiger partial charge on any atom is 0.304 e. The van der Waals surface area contributed by atoms with Gasteiger partial charge < -0.3 is 15.2 Å². The number of carboxylic acids is 1. The van der Waals surface area contributed by atoms with Crippen molar-refractivity contribution in [3.8, 4) is 0 Å². The zero-order chi connectivity index (χ0) is 12.3. The standard InChI is InChI=1S/C13H15NO3/c15-8-11-10(9-4-2-1-3-5-9)7-14-12(11)6-13(16)17/h1-5,8,10-12,14H,6-7H2,(H,16,17). The summed E-state index contributed by atoms with van der Waals surface area (Å²) in [5, 5.41) is 11.9. The molecule has 2 N–H and O–H groups in total. The van der Waals surface area contributed by atoms with Crippen LogP contribution in [0.5, 0.6) is 0 Å². The molecule has 0 amide bonds. The Kier molecular flexibility index (Phi) is 3.54. The molecule has 1 fully saturated rings. The number of hydrogen-bond donors (Lipinski definition) is 2. The van der Waals surface area contributed by atoms with Gasteiger partial charge in [-0.1, -0.05) is 30.3 Å². The number of carboxylic acid groups (broad SMARTS) is 1. The van der Waals surface area contributed by atoms with E-state index in [2.05, 4.69) is 5.32 Å². The van der Waals surface area contributed by atoms with Crippen molar-refractivity contribution < 1.29 is 14.7 Å². The Morgan fingerprint density at radius 3 is 2.71 bits per heavy atom. The van der Waals surface area contributed by atoms with E-state index in [1.807, 2.05) is 30.3 Å². The molecule has 2 rings (SSSR count). The topological polar surface area (TPSA) is 66.4 Å². The highest BCUT2D eigenvalue weighted by Gasteiger charge is 2.37. The number of hydrogen-bond acceptors (Lipinski definition) is 3. The molecule has 0 radical (unpaired) electrons. The van der Waals surface area contributed by atoms with Crippen molar-refractivity contribution >= 4 is 12.3 Å². The first-order valence-corrected chi connectivity index (χ1v) is 5.68. The lowest BCUT2D eigenvalue weighted by molar-refractivity contribution is -0.137. The summed E-state index contributed by atoms with van der Waals surface area (Å²) in [6.07, 6.45) is 0.873. The highest BCUT2D eigenvalue weighted by molar-refractivity contribution is 5.69. The Morgan fingerprint density at radius 2 is 2.12 bits per heavy atom. The van der Waals surface area contributed by atoms with Crippen LogP contribution in [0.25, 0.3) is 0 Å². The first-order valence-electron chi connectivity index (χ1n) is 5.68. The van der Waals surface area contributed by atoms with Crippen LogP contribution in [0.1, 0.15) is 17.9 Å². The number of rotatable bonds is 4. The minimum atomic E-state index is -0.872.